The average Bonchev–Trinajstić information content (AvgIpc) is 2.43. The van der Waals surface area contributed by atoms with Crippen molar-refractivity contribution < 1.29 is 0 Å². The molecule has 1 aliphatic heterocycles. The molecule has 1 unspecified atom stereocenters. The Kier molecular flexibility index (Phi) is 11.6. The van der Waals surface area contributed by atoms with Crippen LogP contribution in [0, 0.1) is 5.92 Å². The lowest BCUT2D eigenvalue weighted by molar-refractivity contribution is 0.147. The molecule has 1 rings (SSSR count). The van der Waals surface area contributed by atoms with Crippen molar-refractivity contribution in [1.82, 2.24) is 15.5 Å². The number of likely N-dealkylation sites (tertiary alicyclic amines) is 1. The first-order valence-electron chi connectivity index (χ1n) is 7.86. The third-order valence-corrected chi connectivity index (χ3v) is 4.05. The second kappa shape index (κ2) is 11.6. The van der Waals surface area contributed by atoms with E-state index in [-0.39, 0.29) is 24.0 Å². The Morgan fingerprint density at radius 1 is 1.30 bits per heavy atom. The molecule has 1 saturated heterocycles. The lowest BCUT2D eigenvalue weighted by atomic mass is 9.98. The monoisotopic (exact) mass is 396 g/mol. The highest BCUT2D eigenvalue weighted by molar-refractivity contribution is 14.0. The van der Waals surface area contributed by atoms with Crippen molar-refractivity contribution in [3.63, 3.8) is 0 Å². The number of nitrogens with zero attached hydrogens (tertiary/aromatic N) is 2. The van der Waals surface area contributed by atoms with Gasteiger partial charge in [0.2, 0.25) is 0 Å². The van der Waals surface area contributed by atoms with E-state index >= 15 is 0 Å². The van der Waals surface area contributed by atoms with E-state index in [0.717, 1.165) is 25.0 Å². The molecule has 1 fully saturated rings. The maximum atomic E-state index is 4.26. The van der Waals surface area contributed by atoms with Crippen LogP contribution in [0.25, 0.3) is 0 Å². The van der Waals surface area contributed by atoms with E-state index in [1.165, 1.54) is 38.8 Å². The van der Waals surface area contributed by atoms with Crippen LogP contribution in [0.3, 0.4) is 0 Å². The molecule has 20 heavy (non-hydrogen) atoms. The smallest absolute Gasteiger partial charge is 0.191 e. The summed E-state index contributed by atoms with van der Waals surface area (Å²) in [7, 11) is 1.84. The van der Waals surface area contributed by atoms with Gasteiger partial charge in [-0.3, -0.25) is 9.89 Å². The van der Waals surface area contributed by atoms with Crippen LogP contribution < -0.4 is 10.6 Å². The number of piperidine rings is 1. The molecule has 0 spiro atoms. The number of aliphatic imine (C=N–C) groups is 1. The quantitative estimate of drug-likeness (QED) is 0.314. The molecule has 0 radical (unpaired) electrons. The second-order valence-electron chi connectivity index (χ2n) is 5.80. The van der Waals surface area contributed by atoms with Crippen LogP contribution in [-0.4, -0.2) is 50.1 Å². The molecule has 120 valence electrons. The zero-order chi connectivity index (χ0) is 14.1. The largest absolute Gasteiger partial charge is 0.356 e. The van der Waals surface area contributed by atoms with E-state index < -0.39 is 0 Å². The summed E-state index contributed by atoms with van der Waals surface area (Å²) in [5.74, 6) is 1.84. The van der Waals surface area contributed by atoms with Gasteiger partial charge in [-0.2, -0.15) is 0 Å². The normalized spacial score (nSPS) is 19.3. The van der Waals surface area contributed by atoms with Crippen molar-refractivity contribution in [3.8, 4) is 0 Å². The summed E-state index contributed by atoms with van der Waals surface area (Å²) in [6.45, 7) is 11.3. The minimum Gasteiger partial charge on any atom is -0.356 e. The fourth-order valence-electron chi connectivity index (χ4n) is 2.45. The van der Waals surface area contributed by atoms with Gasteiger partial charge >= 0.3 is 0 Å². The highest BCUT2D eigenvalue weighted by Crippen LogP contribution is 2.17. The van der Waals surface area contributed by atoms with E-state index in [2.05, 4.69) is 41.3 Å². The maximum absolute atomic E-state index is 4.26. The van der Waals surface area contributed by atoms with Crippen molar-refractivity contribution in [3.05, 3.63) is 0 Å². The van der Waals surface area contributed by atoms with Crippen molar-refractivity contribution >= 4 is 29.9 Å². The third kappa shape index (κ3) is 7.67. The number of rotatable bonds is 6. The highest BCUT2D eigenvalue weighted by Gasteiger charge is 2.20. The van der Waals surface area contributed by atoms with Gasteiger partial charge in [-0.1, -0.05) is 20.3 Å². The number of unbranched alkanes of at least 4 members (excludes halogenated alkanes) is 1. The average molecular weight is 396 g/mol. The summed E-state index contributed by atoms with van der Waals surface area (Å²) in [5.41, 5.74) is 0. The molecular formula is C15H33IN4. The molecule has 5 heteroatoms. The molecule has 1 heterocycles. The van der Waals surface area contributed by atoms with Crippen molar-refractivity contribution in [2.75, 3.05) is 33.2 Å². The Labute approximate surface area is 142 Å². The summed E-state index contributed by atoms with van der Waals surface area (Å²) in [6, 6.07) is 0.581. The first-order valence-corrected chi connectivity index (χ1v) is 7.86. The molecule has 0 aromatic carbocycles. The highest BCUT2D eigenvalue weighted by atomic mass is 127. The lowest BCUT2D eigenvalue weighted by Gasteiger charge is -2.35. The molecule has 4 nitrogen and oxygen atoms in total. The van der Waals surface area contributed by atoms with Crippen molar-refractivity contribution in [2.24, 2.45) is 10.9 Å². The Morgan fingerprint density at radius 3 is 2.50 bits per heavy atom. The van der Waals surface area contributed by atoms with Crippen LogP contribution >= 0.6 is 24.0 Å². The Hall–Kier alpha value is -0.0400. The van der Waals surface area contributed by atoms with E-state index in [0.29, 0.717) is 6.04 Å². The molecule has 0 saturated carbocycles. The van der Waals surface area contributed by atoms with Gasteiger partial charge < -0.3 is 10.6 Å². The van der Waals surface area contributed by atoms with Crippen LogP contribution in [0.2, 0.25) is 0 Å². The number of hydrogen-bond donors (Lipinski definition) is 2. The van der Waals surface area contributed by atoms with Crippen LogP contribution in [0.4, 0.5) is 0 Å². The number of halogens is 1. The second-order valence-corrected chi connectivity index (χ2v) is 5.80. The summed E-state index contributed by atoms with van der Waals surface area (Å²) in [6.07, 6.45) is 5.09. The zero-order valence-electron chi connectivity index (χ0n) is 13.6. The van der Waals surface area contributed by atoms with Crippen molar-refractivity contribution in [2.45, 2.75) is 52.5 Å². The van der Waals surface area contributed by atoms with Gasteiger partial charge in [-0.15, -0.1) is 24.0 Å². The minimum atomic E-state index is 0. The lowest BCUT2D eigenvalue weighted by Crippen LogP contribution is -2.48. The fraction of sp³-hybridized carbons (Fsp3) is 0.933. The minimum absolute atomic E-state index is 0. The molecule has 0 aromatic heterocycles. The third-order valence-electron chi connectivity index (χ3n) is 4.05. The number of nitrogens with one attached hydrogen (secondary N) is 2. The van der Waals surface area contributed by atoms with Gasteiger partial charge in [0.15, 0.2) is 5.96 Å². The molecule has 2 N–H and O–H groups in total. The first kappa shape index (κ1) is 20.0. The van der Waals surface area contributed by atoms with Gasteiger partial charge in [0, 0.05) is 26.2 Å². The summed E-state index contributed by atoms with van der Waals surface area (Å²) in [5, 5.41) is 6.79. The van der Waals surface area contributed by atoms with Crippen LogP contribution in [0.1, 0.15) is 46.5 Å². The molecule has 1 aliphatic rings. The summed E-state index contributed by atoms with van der Waals surface area (Å²) >= 11 is 0. The Morgan fingerprint density at radius 2 is 1.95 bits per heavy atom. The number of guanidine groups is 1. The van der Waals surface area contributed by atoms with Gasteiger partial charge in [0.1, 0.15) is 0 Å². The van der Waals surface area contributed by atoms with Gasteiger partial charge in [0.05, 0.1) is 0 Å². The summed E-state index contributed by atoms with van der Waals surface area (Å²) in [4.78, 5) is 6.85. The van der Waals surface area contributed by atoms with Gasteiger partial charge in [-0.25, -0.2) is 0 Å². The molecule has 1 atom stereocenters. The molecule has 0 aliphatic carbocycles. The molecular weight excluding hydrogens is 363 g/mol. The van der Waals surface area contributed by atoms with Gasteiger partial charge in [0.25, 0.3) is 0 Å². The topological polar surface area (TPSA) is 39.7 Å². The first-order chi connectivity index (χ1) is 9.17. The molecule has 0 aromatic rings. The van der Waals surface area contributed by atoms with Crippen LogP contribution in [-0.2, 0) is 0 Å². The maximum Gasteiger partial charge on any atom is 0.191 e. The standard InChI is InChI=1S/C15H32N4.HI/c1-5-6-9-17-15(16-4)18-12-14(3)19-10-7-13(2)8-11-19;/h13-14H,5-12H2,1-4H3,(H2,16,17,18);1H. The van der Waals surface area contributed by atoms with Crippen LogP contribution in [0.15, 0.2) is 4.99 Å². The zero-order valence-corrected chi connectivity index (χ0v) is 15.9. The molecule has 0 bridgehead atoms. The predicted octanol–water partition coefficient (Wildman–Crippen LogP) is 2.69. The molecule has 0 amide bonds. The fourth-order valence-corrected chi connectivity index (χ4v) is 2.45. The van der Waals surface area contributed by atoms with Gasteiger partial charge in [-0.05, 0) is 45.2 Å². The summed E-state index contributed by atoms with van der Waals surface area (Å²) < 4.78 is 0. The Bertz CT molecular complexity index is 263. The van der Waals surface area contributed by atoms with E-state index in [1.807, 2.05) is 7.05 Å². The van der Waals surface area contributed by atoms with E-state index in [1.54, 1.807) is 0 Å². The van der Waals surface area contributed by atoms with E-state index in [4.69, 9.17) is 0 Å². The predicted molar refractivity (Wildman–Crippen MR) is 99.1 cm³/mol. The SMILES string of the molecule is CCCCNC(=NC)NCC(C)N1CCC(C)CC1.I. The van der Waals surface area contributed by atoms with Crippen molar-refractivity contribution in [1.29, 1.82) is 0 Å². The van der Waals surface area contributed by atoms with E-state index in [9.17, 15) is 0 Å². The number of hydrogen-bond acceptors (Lipinski definition) is 2. The van der Waals surface area contributed by atoms with Crippen LogP contribution in [0.5, 0.6) is 0 Å². The Balaban J connectivity index is 0.00000361.